The topological polar surface area (TPSA) is 89.9 Å². The number of ether oxygens (including phenoxy) is 2. The number of hydrogen-bond donors (Lipinski definition) is 1. The van der Waals surface area contributed by atoms with E-state index in [1.807, 2.05) is 0 Å². The Morgan fingerprint density at radius 2 is 2.05 bits per heavy atom. The average molecular weight is 325 g/mol. The van der Waals surface area contributed by atoms with Gasteiger partial charge in [-0.15, -0.1) is 0 Å². The fraction of sp³-hybridized carbons (Fsp3) is 0.267. The minimum atomic E-state index is -2.16. The molecule has 0 spiro atoms. The zero-order chi connectivity index (χ0) is 16.5. The smallest absolute Gasteiger partial charge is 0.339 e. The third kappa shape index (κ3) is 2.88. The molecule has 0 fully saturated rings. The van der Waals surface area contributed by atoms with Crippen LogP contribution in [0.3, 0.4) is 0 Å². The minimum absolute atomic E-state index is 0.0945. The summed E-state index contributed by atoms with van der Waals surface area (Å²) in [5.74, 6) is -2.73. The zero-order valence-electron chi connectivity index (χ0n) is 11.8. The molecule has 1 aliphatic carbocycles. The normalized spacial score (nSPS) is 24.7. The van der Waals surface area contributed by atoms with Gasteiger partial charge in [0.1, 0.15) is 0 Å². The maximum absolute atomic E-state index is 12.1. The Balaban J connectivity index is 2.31. The van der Waals surface area contributed by atoms with Crippen molar-refractivity contribution in [3.8, 4) is 0 Å². The van der Waals surface area contributed by atoms with Crippen molar-refractivity contribution in [2.24, 2.45) is 0 Å². The van der Waals surface area contributed by atoms with Gasteiger partial charge in [0.2, 0.25) is 11.9 Å². The molecule has 0 bridgehead atoms. The van der Waals surface area contributed by atoms with E-state index in [2.05, 4.69) is 0 Å². The average Bonchev–Trinajstić information content (AvgIpc) is 2.47. The van der Waals surface area contributed by atoms with Crippen molar-refractivity contribution in [3.63, 3.8) is 0 Å². The number of carbonyl (C=O) groups is 3. The Morgan fingerprint density at radius 3 is 2.64 bits per heavy atom. The standard InChI is InChI=1S/C15H13ClO6/c1-15(20)11(17)7-10(21-2)12(18)13(15)22-14(19)8-4-3-5-9(16)6-8/h3-7,13,20H,1-2H3/t13-,15+/m1/s1. The summed E-state index contributed by atoms with van der Waals surface area (Å²) in [5, 5.41) is 10.5. The predicted molar refractivity (Wildman–Crippen MR) is 76.4 cm³/mol. The molecule has 0 heterocycles. The van der Waals surface area contributed by atoms with E-state index in [0.29, 0.717) is 5.02 Å². The SMILES string of the molecule is COC1=CC(=O)[C@](C)(O)[C@H](OC(=O)c2cccc(Cl)c2)C1=O. The molecule has 0 aliphatic heterocycles. The number of benzene rings is 1. The zero-order valence-corrected chi connectivity index (χ0v) is 12.6. The minimum Gasteiger partial charge on any atom is -0.493 e. The van der Waals surface area contributed by atoms with Gasteiger partial charge >= 0.3 is 5.97 Å². The van der Waals surface area contributed by atoms with Crippen LogP contribution in [0.15, 0.2) is 36.1 Å². The van der Waals surface area contributed by atoms with Crippen molar-refractivity contribution in [1.82, 2.24) is 0 Å². The molecular formula is C15H13ClO6. The molecule has 0 amide bonds. The monoisotopic (exact) mass is 324 g/mol. The molecule has 0 saturated carbocycles. The maximum Gasteiger partial charge on any atom is 0.339 e. The van der Waals surface area contributed by atoms with Gasteiger partial charge < -0.3 is 14.6 Å². The van der Waals surface area contributed by atoms with Crippen LogP contribution in [0.1, 0.15) is 17.3 Å². The van der Waals surface area contributed by atoms with E-state index in [9.17, 15) is 19.5 Å². The molecule has 1 N–H and O–H groups in total. The molecule has 0 saturated heterocycles. The number of Topliss-reactive ketones (excluding diaryl/α,β-unsaturated/α-hetero) is 1. The van der Waals surface area contributed by atoms with Crippen LogP contribution >= 0.6 is 11.6 Å². The van der Waals surface area contributed by atoms with E-state index in [1.54, 1.807) is 6.07 Å². The van der Waals surface area contributed by atoms with Gasteiger partial charge in [-0.25, -0.2) is 4.79 Å². The van der Waals surface area contributed by atoms with Crippen molar-refractivity contribution in [1.29, 1.82) is 0 Å². The number of rotatable bonds is 3. The van der Waals surface area contributed by atoms with Crippen LogP contribution in [-0.2, 0) is 19.1 Å². The second-order valence-electron chi connectivity index (χ2n) is 4.88. The molecule has 0 unspecified atom stereocenters. The number of hydrogen-bond acceptors (Lipinski definition) is 6. The summed E-state index contributed by atoms with van der Waals surface area (Å²) in [5.41, 5.74) is -2.06. The Kier molecular flexibility index (Phi) is 4.35. The van der Waals surface area contributed by atoms with E-state index in [4.69, 9.17) is 21.1 Å². The summed E-state index contributed by atoms with van der Waals surface area (Å²) >= 11 is 5.78. The molecule has 6 nitrogen and oxygen atoms in total. The van der Waals surface area contributed by atoms with E-state index >= 15 is 0 Å². The van der Waals surface area contributed by atoms with Gasteiger partial charge in [-0.1, -0.05) is 17.7 Å². The first-order valence-corrected chi connectivity index (χ1v) is 6.68. The van der Waals surface area contributed by atoms with Crippen LogP contribution in [0, 0.1) is 0 Å². The lowest BCUT2D eigenvalue weighted by atomic mass is 9.85. The molecule has 1 aliphatic rings. The number of halogens is 1. The van der Waals surface area contributed by atoms with Crippen LogP contribution < -0.4 is 0 Å². The largest absolute Gasteiger partial charge is 0.493 e. The molecule has 116 valence electrons. The summed E-state index contributed by atoms with van der Waals surface area (Å²) in [4.78, 5) is 36.1. The lowest BCUT2D eigenvalue weighted by molar-refractivity contribution is -0.156. The van der Waals surface area contributed by atoms with Crippen LogP contribution in [0.2, 0.25) is 5.02 Å². The second-order valence-corrected chi connectivity index (χ2v) is 5.32. The van der Waals surface area contributed by atoms with Gasteiger partial charge in [-0.05, 0) is 25.1 Å². The summed E-state index contributed by atoms with van der Waals surface area (Å²) in [6.07, 6.45) is -0.807. The van der Waals surface area contributed by atoms with Crippen LogP contribution in [0.5, 0.6) is 0 Å². The molecule has 0 radical (unpaired) electrons. The Morgan fingerprint density at radius 1 is 1.36 bits per heavy atom. The molecule has 7 heteroatoms. The molecule has 1 aromatic carbocycles. The Bertz CT molecular complexity index is 676. The summed E-state index contributed by atoms with van der Waals surface area (Å²) in [7, 11) is 1.20. The van der Waals surface area contributed by atoms with Crippen molar-refractivity contribution < 1.29 is 29.0 Å². The van der Waals surface area contributed by atoms with Crippen LogP contribution in [-0.4, -0.2) is 41.5 Å². The van der Waals surface area contributed by atoms with Gasteiger partial charge in [-0.2, -0.15) is 0 Å². The Labute approximate surface area is 131 Å². The first-order chi connectivity index (χ1) is 10.3. The Hall–Kier alpha value is -2.18. The summed E-state index contributed by atoms with van der Waals surface area (Å²) in [6.45, 7) is 1.10. The second kappa shape index (κ2) is 5.90. The quantitative estimate of drug-likeness (QED) is 0.843. The third-order valence-corrected chi connectivity index (χ3v) is 3.49. The van der Waals surface area contributed by atoms with Crippen molar-refractivity contribution in [2.75, 3.05) is 7.11 Å². The fourth-order valence-electron chi connectivity index (χ4n) is 1.97. The molecule has 1 aromatic rings. The van der Waals surface area contributed by atoms with E-state index in [1.165, 1.54) is 25.3 Å². The van der Waals surface area contributed by atoms with Crippen molar-refractivity contribution in [2.45, 2.75) is 18.6 Å². The summed E-state index contributed by atoms with van der Waals surface area (Å²) < 4.78 is 9.79. The first-order valence-electron chi connectivity index (χ1n) is 6.30. The predicted octanol–water partition coefficient (Wildman–Crippen LogP) is 1.30. The highest BCUT2D eigenvalue weighted by atomic mass is 35.5. The number of esters is 1. The van der Waals surface area contributed by atoms with Gasteiger partial charge in [-0.3, -0.25) is 9.59 Å². The highest BCUT2D eigenvalue weighted by Crippen LogP contribution is 2.26. The number of carbonyl (C=O) groups excluding carboxylic acids is 3. The van der Waals surface area contributed by atoms with Gasteiger partial charge in [0.25, 0.3) is 0 Å². The molecule has 0 aromatic heterocycles. The molecule has 2 rings (SSSR count). The molecular weight excluding hydrogens is 312 g/mol. The van der Waals surface area contributed by atoms with Gasteiger partial charge in [0, 0.05) is 11.1 Å². The van der Waals surface area contributed by atoms with E-state index in [-0.39, 0.29) is 11.3 Å². The third-order valence-electron chi connectivity index (χ3n) is 3.26. The lowest BCUT2D eigenvalue weighted by Gasteiger charge is -2.32. The first kappa shape index (κ1) is 16.2. The summed E-state index contributed by atoms with van der Waals surface area (Å²) in [6, 6.07) is 5.88. The fourth-order valence-corrected chi connectivity index (χ4v) is 2.16. The van der Waals surface area contributed by atoms with E-state index in [0.717, 1.165) is 13.0 Å². The van der Waals surface area contributed by atoms with Crippen LogP contribution in [0.4, 0.5) is 0 Å². The van der Waals surface area contributed by atoms with E-state index < -0.39 is 29.2 Å². The highest BCUT2D eigenvalue weighted by Gasteiger charge is 2.50. The maximum atomic E-state index is 12.1. The highest BCUT2D eigenvalue weighted by molar-refractivity contribution is 6.30. The van der Waals surface area contributed by atoms with Gasteiger partial charge in [0.15, 0.2) is 17.1 Å². The van der Waals surface area contributed by atoms with Crippen molar-refractivity contribution in [3.05, 3.63) is 46.7 Å². The molecule has 22 heavy (non-hydrogen) atoms. The van der Waals surface area contributed by atoms with Gasteiger partial charge in [0.05, 0.1) is 12.7 Å². The lowest BCUT2D eigenvalue weighted by Crippen LogP contribution is -2.55. The molecule has 2 atom stereocenters. The number of methoxy groups -OCH3 is 1. The number of aliphatic hydroxyl groups is 1. The van der Waals surface area contributed by atoms with Crippen LogP contribution in [0.25, 0.3) is 0 Å². The number of ketones is 2. The van der Waals surface area contributed by atoms with Crippen molar-refractivity contribution >= 4 is 29.1 Å².